The van der Waals surface area contributed by atoms with Crippen LogP contribution in [0.1, 0.15) is 109 Å². The number of rotatable bonds is 15. The van der Waals surface area contributed by atoms with Crippen LogP contribution < -0.4 is 0 Å². The van der Waals surface area contributed by atoms with Gasteiger partial charge in [0.25, 0.3) is 0 Å². The molecule has 4 heterocycles. The van der Waals surface area contributed by atoms with E-state index in [2.05, 4.69) is 0 Å². The minimum atomic E-state index is 0.273. The second-order valence-corrected chi connectivity index (χ2v) is 12.3. The first kappa shape index (κ1) is 35.3. The summed E-state index contributed by atoms with van der Waals surface area (Å²) in [6.07, 6.45) is 16.7. The second-order valence-electron chi connectivity index (χ2n) is 12.3. The summed E-state index contributed by atoms with van der Waals surface area (Å²) >= 11 is 0. The van der Waals surface area contributed by atoms with Crippen molar-refractivity contribution in [2.24, 2.45) is 0 Å². The number of hydrogen-bond donors (Lipinski definition) is 0. The number of hydrogen-bond acceptors (Lipinski definition) is 6. The minimum Gasteiger partial charge on any atom is -0.380 e. The topological polar surface area (TPSA) is 99.7 Å². The quantitative estimate of drug-likeness (QED) is 0.261. The van der Waals surface area contributed by atoms with E-state index in [9.17, 15) is 19.2 Å². The third-order valence-corrected chi connectivity index (χ3v) is 8.88. The van der Waals surface area contributed by atoms with E-state index in [1.54, 1.807) is 0 Å². The molecular formula is C33H58N4O6. The maximum Gasteiger partial charge on any atom is 0.222 e. The molecule has 0 spiro atoms. The Bertz CT molecular complexity index is 840. The summed E-state index contributed by atoms with van der Waals surface area (Å²) in [6.45, 7) is 9.35. The van der Waals surface area contributed by atoms with E-state index in [1.807, 2.05) is 19.6 Å². The lowest BCUT2D eigenvalue weighted by Gasteiger charge is -2.26. The first-order chi connectivity index (χ1) is 21.0. The number of nitrogens with zero attached hydrogens (tertiary/aromatic N) is 4. The molecule has 0 aromatic heterocycles. The zero-order valence-corrected chi connectivity index (χ0v) is 26.7. The summed E-state index contributed by atoms with van der Waals surface area (Å²) in [5.74, 6) is 1.16. The van der Waals surface area contributed by atoms with Crippen molar-refractivity contribution in [1.82, 2.24) is 19.6 Å². The Kier molecular flexibility index (Phi) is 17.6. The predicted octanol–water partition coefficient (Wildman–Crippen LogP) is 4.01. The average Bonchev–Trinajstić information content (AvgIpc) is 3.35. The first-order valence-electron chi connectivity index (χ1n) is 17.3. The van der Waals surface area contributed by atoms with Crippen molar-refractivity contribution >= 4 is 23.6 Å². The third-order valence-electron chi connectivity index (χ3n) is 8.88. The molecule has 4 aliphatic rings. The standard InChI is InChI=1S/C17H30N2O3.C16H28N2O3/c20-16-8-2-1-4-10-18(16)12-6-7-14-22-15-13-19-11-5-3-9-17(19)21;19-15-8-3-5-10-17(15)11-6-13-21-14-12-18-9-4-1-2-7-16(18)20/h1-15H2;1-14H2. The molecule has 4 amide bonds. The largest absolute Gasteiger partial charge is 0.380 e. The Morgan fingerprint density at radius 2 is 0.721 bits per heavy atom. The fourth-order valence-electron chi connectivity index (χ4n) is 6.16. The number of ether oxygens (including phenoxy) is 2. The van der Waals surface area contributed by atoms with Gasteiger partial charge in [0.1, 0.15) is 0 Å². The molecule has 0 aliphatic carbocycles. The Morgan fingerprint density at radius 3 is 1.19 bits per heavy atom. The molecular weight excluding hydrogens is 548 g/mol. The van der Waals surface area contributed by atoms with Crippen LogP contribution >= 0.6 is 0 Å². The van der Waals surface area contributed by atoms with Crippen LogP contribution in [-0.2, 0) is 28.7 Å². The molecule has 4 saturated heterocycles. The Balaban J connectivity index is 0.000000236. The highest BCUT2D eigenvalue weighted by Crippen LogP contribution is 2.14. The number of amides is 4. The monoisotopic (exact) mass is 606 g/mol. The molecule has 0 atom stereocenters. The van der Waals surface area contributed by atoms with Crippen molar-refractivity contribution in [1.29, 1.82) is 0 Å². The van der Waals surface area contributed by atoms with Gasteiger partial charge in [0.05, 0.1) is 13.2 Å². The van der Waals surface area contributed by atoms with Crippen LogP contribution in [-0.4, -0.2) is 122 Å². The van der Waals surface area contributed by atoms with Crippen LogP contribution in [0.3, 0.4) is 0 Å². The van der Waals surface area contributed by atoms with Crippen molar-refractivity contribution in [3.05, 3.63) is 0 Å². The smallest absolute Gasteiger partial charge is 0.222 e. The molecule has 10 nitrogen and oxygen atoms in total. The SMILES string of the molecule is O=C1CCCCCN1CCCCOCCN1CCCCC1=O.O=C1CCCCN1CCCOCCN1CCCCCC1=O. The number of likely N-dealkylation sites (tertiary alicyclic amines) is 4. The normalized spacial score (nSPS) is 20.6. The van der Waals surface area contributed by atoms with E-state index in [0.717, 1.165) is 136 Å². The zero-order chi connectivity index (χ0) is 30.5. The van der Waals surface area contributed by atoms with E-state index in [4.69, 9.17) is 9.47 Å². The lowest BCUT2D eigenvalue weighted by Crippen LogP contribution is -2.37. The summed E-state index contributed by atoms with van der Waals surface area (Å²) in [6, 6.07) is 0. The molecule has 43 heavy (non-hydrogen) atoms. The minimum absolute atomic E-state index is 0.273. The van der Waals surface area contributed by atoms with E-state index < -0.39 is 0 Å². The maximum atomic E-state index is 11.8. The van der Waals surface area contributed by atoms with E-state index in [-0.39, 0.29) is 17.7 Å². The molecule has 246 valence electrons. The molecule has 10 heteroatoms. The van der Waals surface area contributed by atoms with Gasteiger partial charge in [-0.1, -0.05) is 12.8 Å². The summed E-state index contributed by atoms with van der Waals surface area (Å²) < 4.78 is 11.2. The van der Waals surface area contributed by atoms with Gasteiger partial charge < -0.3 is 29.1 Å². The van der Waals surface area contributed by atoms with Crippen molar-refractivity contribution in [3.63, 3.8) is 0 Å². The zero-order valence-electron chi connectivity index (χ0n) is 26.7. The number of carbonyl (C=O) groups excluding carboxylic acids is 4. The summed E-state index contributed by atoms with van der Waals surface area (Å²) in [5.41, 5.74) is 0. The molecule has 0 aromatic carbocycles. The molecule has 0 aromatic rings. The fraction of sp³-hybridized carbons (Fsp3) is 0.879. The highest BCUT2D eigenvalue weighted by molar-refractivity contribution is 5.77. The number of carbonyl (C=O) groups is 4. The van der Waals surface area contributed by atoms with Gasteiger partial charge >= 0.3 is 0 Å². The van der Waals surface area contributed by atoms with Gasteiger partial charge in [-0.25, -0.2) is 0 Å². The summed E-state index contributed by atoms with van der Waals surface area (Å²) in [7, 11) is 0. The lowest BCUT2D eigenvalue weighted by atomic mass is 10.1. The Morgan fingerprint density at radius 1 is 0.372 bits per heavy atom. The van der Waals surface area contributed by atoms with Crippen molar-refractivity contribution in [2.75, 3.05) is 78.8 Å². The van der Waals surface area contributed by atoms with Crippen LogP contribution in [0, 0.1) is 0 Å². The van der Waals surface area contributed by atoms with Gasteiger partial charge in [-0.15, -0.1) is 0 Å². The number of unbranched alkanes of at least 4 members (excludes halogenated alkanes) is 1. The van der Waals surface area contributed by atoms with Crippen LogP contribution in [0.5, 0.6) is 0 Å². The third kappa shape index (κ3) is 14.4. The van der Waals surface area contributed by atoms with E-state index in [0.29, 0.717) is 51.5 Å². The molecule has 0 bridgehead atoms. The first-order valence-corrected chi connectivity index (χ1v) is 17.3. The van der Waals surface area contributed by atoms with Crippen LogP contribution in [0.15, 0.2) is 0 Å². The highest BCUT2D eigenvalue weighted by Gasteiger charge is 2.19. The molecule has 4 fully saturated rings. The van der Waals surface area contributed by atoms with Crippen LogP contribution in [0.2, 0.25) is 0 Å². The van der Waals surface area contributed by atoms with Crippen LogP contribution in [0.4, 0.5) is 0 Å². The van der Waals surface area contributed by atoms with Gasteiger partial charge in [0.15, 0.2) is 0 Å². The molecule has 4 rings (SSSR count). The second kappa shape index (κ2) is 21.5. The van der Waals surface area contributed by atoms with Gasteiger partial charge in [-0.3, -0.25) is 19.2 Å². The van der Waals surface area contributed by atoms with Gasteiger partial charge in [-0.2, -0.15) is 0 Å². The maximum absolute atomic E-state index is 11.8. The lowest BCUT2D eigenvalue weighted by molar-refractivity contribution is -0.134. The molecule has 0 radical (unpaired) electrons. The Hall–Kier alpha value is -2.20. The summed E-state index contributed by atoms with van der Waals surface area (Å²) in [5, 5.41) is 0. The van der Waals surface area contributed by atoms with Crippen LogP contribution in [0.25, 0.3) is 0 Å². The molecule has 4 aliphatic heterocycles. The molecule has 0 N–H and O–H groups in total. The number of piperidine rings is 2. The van der Waals surface area contributed by atoms with E-state index in [1.165, 1.54) is 6.42 Å². The average molecular weight is 607 g/mol. The van der Waals surface area contributed by atoms with Crippen molar-refractivity contribution in [3.8, 4) is 0 Å². The molecule has 0 unspecified atom stereocenters. The van der Waals surface area contributed by atoms with Gasteiger partial charge in [0.2, 0.25) is 23.6 Å². The summed E-state index contributed by atoms with van der Waals surface area (Å²) in [4.78, 5) is 54.7. The predicted molar refractivity (Wildman–Crippen MR) is 166 cm³/mol. The van der Waals surface area contributed by atoms with Gasteiger partial charge in [-0.05, 0) is 70.6 Å². The van der Waals surface area contributed by atoms with Crippen molar-refractivity contribution in [2.45, 2.75) is 109 Å². The highest BCUT2D eigenvalue weighted by atomic mass is 16.5. The van der Waals surface area contributed by atoms with E-state index >= 15 is 0 Å². The Labute approximate surface area is 259 Å². The fourth-order valence-corrected chi connectivity index (χ4v) is 6.16. The van der Waals surface area contributed by atoms with Gasteiger partial charge in [0, 0.05) is 91.3 Å². The molecule has 0 saturated carbocycles. The van der Waals surface area contributed by atoms with Crippen molar-refractivity contribution < 1.29 is 28.7 Å².